The third kappa shape index (κ3) is 1.84. The zero-order chi connectivity index (χ0) is 10.8. The van der Waals surface area contributed by atoms with Gasteiger partial charge in [-0.1, -0.05) is 0 Å². The molecule has 5 heteroatoms. The lowest BCUT2D eigenvalue weighted by Gasteiger charge is -2.14. The normalized spacial score (nSPS) is 12.7. The predicted molar refractivity (Wildman–Crippen MR) is 61.5 cm³/mol. The fraction of sp³-hybridized carbons (Fsp3) is 0.200. The summed E-state index contributed by atoms with van der Waals surface area (Å²) in [5.41, 5.74) is 15.6. The number of anilines is 1. The van der Waals surface area contributed by atoms with Crippen LogP contribution >= 0.6 is 11.3 Å². The molecule has 2 heterocycles. The van der Waals surface area contributed by atoms with Gasteiger partial charge in [-0.3, -0.25) is 4.98 Å². The van der Waals surface area contributed by atoms with E-state index >= 15 is 0 Å². The minimum atomic E-state index is -0.230. The van der Waals surface area contributed by atoms with E-state index in [1.54, 1.807) is 17.9 Å². The summed E-state index contributed by atoms with van der Waals surface area (Å²) in [7, 11) is 0. The third-order valence-corrected chi connectivity index (χ3v) is 3.17. The second-order valence-corrected chi connectivity index (χ2v) is 4.23. The lowest BCUT2D eigenvalue weighted by molar-refractivity contribution is 0.874. The maximum absolute atomic E-state index is 6.11. The Morgan fingerprint density at radius 1 is 1.47 bits per heavy atom. The monoisotopic (exact) mass is 220 g/mol. The highest BCUT2D eigenvalue weighted by atomic mass is 32.1. The lowest BCUT2D eigenvalue weighted by atomic mass is 10.0. The number of nitrogens with two attached hydrogens (primary N) is 2. The highest BCUT2D eigenvalue weighted by Gasteiger charge is 2.16. The summed E-state index contributed by atoms with van der Waals surface area (Å²) in [5.74, 6) is 0.496. The van der Waals surface area contributed by atoms with Crippen LogP contribution in [-0.2, 0) is 0 Å². The molecule has 2 aromatic rings. The van der Waals surface area contributed by atoms with Crippen molar-refractivity contribution < 1.29 is 0 Å². The first kappa shape index (κ1) is 10.1. The average Bonchev–Trinajstić information content (AvgIpc) is 2.69. The summed E-state index contributed by atoms with van der Waals surface area (Å²) in [5, 5.41) is 0. The lowest BCUT2D eigenvalue weighted by Crippen LogP contribution is -2.15. The van der Waals surface area contributed by atoms with E-state index in [0.717, 1.165) is 16.0 Å². The topological polar surface area (TPSA) is 77.8 Å². The van der Waals surface area contributed by atoms with E-state index in [0.29, 0.717) is 5.82 Å². The summed E-state index contributed by atoms with van der Waals surface area (Å²) in [6, 6.07) is 1.68. The number of nitrogen functional groups attached to an aromatic ring is 1. The minimum absolute atomic E-state index is 0.230. The van der Waals surface area contributed by atoms with Gasteiger partial charge in [0.25, 0.3) is 0 Å². The third-order valence-electron chi connectivity index (χ3n) is 2.31. The van der Waals surface area contributed by atoms with Crippen LogP contribution in [0.4, 0.5) is 5.82 Å². The van der Waals surface area contributed by atoms with Gasteiger partial charge >= 0.3 is 0 Å². The van der Waals surface area contributed by atoms with Gasteiger partial charge in [0.05, 0.1) is 11.6 Å². The molecule has 0 radical (unpaired) electrons. The van der Waals surface area contributed by atoms with Crippen molar-refractivity contribution in [3.63, 3.8) is 0 Å². The zero-order valence-electron chi connectivity index (χ0n) is 8.34. The van der Waals surface area contributed by atoms with E-state index in [1.807, 2.05) is 13.0 Å². The minimum Gasteiger partial charge on any atom is -0.383 e. The number of thiazole rings is 1. The fourth-order valence-corrected chi connectivity index (χ4v) is 2.15. The van der Waals surface area contributed by atoms with Gasteiger partial charge in [0, 0.05) is 22.8 Å². The first-order valence-electron chi connectivity index (χ1n) is 4.55. The number of nitrogens with zero attached hydrogens (tertiary/aromatic N) is 2. The molecule has 15 heavy (non-hydrogen) atoms. The molecule has 4 N–H and O–H groups in total. The first-order valence-corrected chi connectivity index (χ1v) is 5.43. The van der Waals surface area contributed by atoms with Gasteiger partial charge in [-0.05, 0) is 18.6 Å². The van der Waals surface area contributed by atoms with Crippen LogP contribution in [0.3, 0.4) is 0 Å². The van der Waals surface area contributed by atoms with Gasteiger partial charge in [0.1, 0.15) is 5.82 Å². The number of hydrogen-bond donors (Lipinski definition) is 2. The standard InChI is InChI=1S/C10H12N4S/c1-6-2-3-14-10(12)8(6)9(11)7-4-13-5-15-7/h2-5,9H,11H2,1H3,(H2,12,14). The van der Waals surface area contributed by atoms with Crippen LogP contribution in [0.2, 0.25) is 0 Å². The molecule has 0 aromatic carbocycles. The Balaban J connectivity index is 2.46. The van der Waals surface area contributed by atoms with E-state index in [2.05, 4.69) is 9.97 Å². The number of hydrogen-bond acceptors (Lipinski definition) is 5. The molecule has 1 unspecified atom stereocenters. The molecule has 78 valence electrons. The molecule has 0 bridgehead atoms. The van der Waals surface area contributed by atoms with Crippen molar-refractivity contribution in [1.29, 1.82) is 0 Å². The molecule has 0 fully saturated rings. The van der Waals surface area contributed by atoms with E-state index in [4.69, 9.17) is 11.5 Å². The van der Waals surface area contributed by atoms with Crippen LogP contribution in [0.1, 0.15) is 22.0 Å². The van der Waals surface area contributed by atoms with Crippen molar-refractivity contribution >= 4 is 17.2 Å². The van der Waals surface area contributed by atoms with Crippen LogP contribution in [0.5, 0.6) is 0 Å². The predicted octanol–water partition coefficient (Wildman–Crippen LogP) is 1.48. The van der Waals surface area contributed by atoms with Gasteiger partial charge in [0.2, 0.25) is 0 Å². The highest BCUT2D eigenvalue weighted by Crippen LogP contribution is 2.27. The van der Waals surface area contributed by atoms with E-state index in [-0.39, 0.29) is 6.04 Å². The second kappa shape index (κ2) is 3.96. The molecule has 0 aliphatic carbocycles. The molecular formula is C10H12N4S. The first-order chi connectivity index (χ1) is 7.20. The SMILES string of the molecule is Cc1ccnc(N)c1C(N)c1cncs1. The number of aryl methyl sites for hydroxylation is 1. The molecule has 0 amide bonds. The van der Waals surface area contributed by atoms with Crippen LogP contribution in [0.15, 0.2) is 24.0 Å². The number of aromatic nitrogens is 2. The largest absolute Gasteiger partial charge is 0.383 e. The molecule has 0 aliphatic heterocycles. The Bertz CT molecular complexity index is 432. The van der Waals surface area contributed by atoms with Crippen molar-refractivity contribution in [2.45, 2.75) is 13.0 Å². The van der Waals surface area contributed by atoms with Gasteiger partial charge in [0.15, 0.2) is 0 Å². The Kier molecular flexibility index (Phi) is 2.66. The van der Waals surface area contributed by atoms with Crippen molar-refractivity contribution in [3.8, 4) is 0 Å². The van der Waals surface area contributed by atoms with E-state index in [9.17, 15) is 0 Å². The maximum Gasteiger partial charge on any atom is 0.128 e. The molecule has 1 atom stereocenters. The summed E-state index contributed by atoms with van der Waals surface area (Å²) < 4.78 is 0. The van der Waals surface area contributed by atoms with Crippen molar-refractivity contribution in [2.75, 3.05) is 5.73 Å². The van der Waals surface area contributed by atoms with Gasteiger partial charge in [-0.2, -0.15) is 0 Å². The van der Waals surface area contributed by atoms with Gasteiger partial charge in [-0.25, -0.2) is 4.98 Å². The average molecular weight is 220 g/mol. The molecule has 0 spiro atoms. The fourth-order valence-electron chi connectivity index (χ4n) is 1.52. The molecular weight excluding hydrogens is 208 g/mol. The molecule has 0 saturated heterocycles. The Morgan fingerprint density at radius 3 is 2.87 bits per heavy atom. The van der Waals surface area contributed by atoms with E-state index < -0.39 is 0 Å². The van der Waals surface area contributed by atoms with Crippen LogP contribution in [0.25, 0.3) is 0 Å². The van der Waals surface area contributed by atoms with Crippen molar-refractivity contribution in [3.05, 3.63) is 40.0 Å². The van der Waals surface area contributed by atoms with Gasteiger partial charge in [-0.15, -0.1) is 11.3 Å². The van der Waals surface area contributed by atoms with Crippen LogP contribution < -0.4 is 11.5 Å². The Labute approximate surface area is 92.0 Å². The van der Waals surface area contributed by atoms with Gasteiger partial charge < -0.3 is 11.5 Å². The summed E-state index contributed by atoms with van der Waals surface area (Å²) in [4.78, 5) is 9.06. The number of pyridine rings is 1. The summed E-state index contributed by atoms with van der Waals surface area (Å²) in [6.45, 7) is 1.98. The van der Waals surface area contributed by atoms with Crippen LogP contribution in [-0.4, -0.2) is 9.97 Å². The second-order valence-electron chi connectivity index (χ2n) is 3.31. The molecule has 0 aliphatic rings. The smallest absolute Gasteiger partial charge is 0.128 e. The maximum atomic E-state index is 6.11. The highest BCUT2D eigenvalue weighted by molar-refractivity contribution is 7.09. The van der Waals surface area contributed by atoms with E-state index in [1.165, 1.54) is 11.3 Å². The number of rotatable bonds is 2. The Hall–Kier alpha value is -1.46. The molecule has 2 rings (SSSR count). The Morgan fingerprint density at radius 2 is 2.27 bits per heavy atom. The summed E-state index contributed by atoms with van der Waals surface area (Å²) >= 11 is 1.52. The van der Waals surface area contributed by atoms with Crippen LogP contribution in [0, 0.1) is 6.92 Å². The summed E-state index contributed by atoms with van der Waals surface area (Å²) in [6.07, 6.45) is 3.45. The zero-order valence-corrected chi connectivity index (χ0v) is 9.16. The quantitative estimate of drug-likeness (QED) is 0.803. The molecule has 2 aromatic heterocycles. The van der Waals surface area contributed by atoms with Crippen molar-refractivity contribution in [1.82, 2.24) is 9.97 Å². The molecule has 4 nitrogen and oxygen atoms in total. The van der Waals surface area contributed by atoms with Crippen molar-refractivity contribution in [2.24, 2.45) is 5.73 Å². The molecule has 0 saturated carbocycles.